The van der Waals surface area contributed by atoms with Gasteiger partial charge in [-0.3, -0.25) is 14.7 Å². The standard InChI is InChI=1S/C19H21N5O2S/c1-23(13-17-21-18(22-26-17)14-4-8-20-9-5-14)15-6-10-24(11-7-15)19(25)16-3-2-12-27-16/h2-5,8-9,12,15H,6-7,10-11,13H2,1H3. The highest BCUT2D eigenvalue weighted by atomic mass is 32.1. The van der Waals surface area contributed by atoms with Crippen molar-refractivity contribution in [3.63, 3.8) is 0 Å². The van der Waals surface area contributed by atoms with Gasteiger partial charge in [0.2, 0.25) is 11.7 Å². The van der Waals surface area contributed by atoms with Crippen molar-refractivity contribution in [3.8, 4) is 11.4 Å². The van der Waals surface area contributed by atoms with Crippen LogP contribution < -0.4 is 0 Å². The van der Waals surface area contributed by atoms with E-state index >= 15 is 0 Å². The zero-order valence-electron chi connectivity index (χ0n) is 15.1. The third-order valence-corrected chi connectivity index (χ3v) is 5.76. The molecule has 0 saturated carbocycles. The lowest BCUT2D eigenvalue weighted by Crippen LogP contribution is -2.45. The summed E-state index contributed by atoms with van der Waals surface area (Å²) in [5.74, 6) is 1.32. The molecule has 0 N–H and O–H groups in total. The maximum absolute atomic E-state index is 12.5. The van der Waals surface area contributed by atoms with E-state index in [1.807, 2.05) is 34.5 Å². The fourth-order valence-electron chi connectivity index (χ4n) is 3.35. The van der Waals surface area contributed by atoms with E-state index in [1.54, 1.807) is 12.4 Å². The Labute approximate surface area is 161 Å². The Morgan fingerprint density at radius 3 is 2.78 bits per heavy atom. The highest BCUT2D eigenvalue weighted by Gasteiger charge is 2.27. The predicted molar refractivity (Wildman–Crippen MR) is 102 cm³/mol. The van der Waals surface area contributed by atoms with E-state index in [4.69, 9.17) is 4.52 Å². The Bertz CT molecular complexity index is 873. The van der Waals surface area contributed by atoms with Crippen LogP contribution in [0.1, 0.15) is 28.4 Å². The van der Waals surface area contributed by atoms with Crippen LogP contribution >= 0.6 is 11.3 Å². The second kappa shape index (κ2) is 7.98. The second-order valence-corrected chi connectivity index (χ2v) is 7.61. The lowest BCUT2D eigenvalue weighted by Gasteiger charge is -2.36. The molecular formula is C19H21N5O2S. The van der Waals surface area contributed by atoms with Crippen LogP contribution in [0.2, 0.25) is 0 Å². The van der Waals surface area contributed by atoms with E-state index < -0.39 is 0 Å². The van der Waals surface area contributed by atoms with Gasteiger partial charge in [0.15, 0.2) is 0 Å². The van der Waals surface area contributed by atoms with Gasteiger partial charge >= 0.3 is 0 Å². The lowest BCUT2D eigenvalue weighted by atomic mass is 10.0. The second-order valence-electron chi connectivity index (χ2n) is 6.66. The van der Waals surface area contributed by atoms with E-state index in [1.165, 1.54) is 11.3 Å². The van der Waals surface area contributed by atoms with Gasteiger partial charge in [0.25, 0.3) is 5.91 Å². The first-order chi connectivity index (χ1) is 13.2. The molecule has 0 aliphatic carbocycles. The lowest BCUT2D eigenvalue weighted by molar-refractivity contribution is 0.0634. The zero-order chi connectivity index (χ0) is 18.6. The average Bonchev–Trinajstić information content (AvgIpc) is 3.40. The van der Waals surface area contributed by atoms with Gasteiger partial charge in [-0.05, 0) is 43.5 Å². The van der Waals surface area contributed by atoms with E-state index in [-0.39, 0.29) is 5.91 Å². The van der Waals surface area contributed by atoms with Crippen molar-refractivity contribution >= 4 is 17.2 Å². The minimum atomic E-state index is 0.144. The number of carbonyl (C=O) groups excluding carboxylic acids is 1. The quantitative estimate of drug-likeness (QED) is 0.674. The summed E-state index contributed by atoms with van der Waals surface area (Å²) in [4.78, 5) is 25.9. The van der Waals surface area contributed by atoms with Gasteiger partial charge in [-0.25, -0.2) is 0 Å². The summed E-state index contributed by atoms with van der Waals surface area (Å²) in [7, 11) is 2.07. The Hall–Kier alpha value is -2.58. The number of hydrogen-bond acceptors (Lipinski definition) is 7. The number of rotatable bonds is 5. The van der Waals surface area contributed by atoms with E-state index in [9.17, 15) is 4.79 Å². The Balaban J connectivity index is 1.32. The van der Waals surface area contributed by atoms with Gasteiger partial charge in [0.1, 0.15) is 0 Å². The first-order valence-corrected chi connectivity index (χ1v) is 9.84. The van der Waals surface area contributed by atoms with Gasteiger partial charge in [-0.1, -0.05) is 11.2 Å². The van der Waals surface area contributed by atoms with Gasteiger partial charge in [-0.15, -0.1) is 11.3 Å². The molecule has 3 aromatic rings. The van der Waals surface area contributed by atoms with E-state index in [2.05, 4.69) is 27.1 Å². The molecule has 1 amide bonds. The zero-order valence-corrected chi connectivity index (χ0v) is 15.9. The molecule has 0 bridgehead atoms. The fraction of sp³-hybridized carbons (Fsp3) is 0.368. The van der Waals surface area contributed by atoms with Crippen LogP contribution in [0, 0.1) is 0 Å². The summed E-state index contributed by atoms with van der Waals surface area (Å²) in [5.41, 5.74) is 0.892. The molecule has 4 rings (SSSR count). The molecule has 0 radical (unpaired) electrons. The third-order valence-electron chi connectivity index (χ3n) is 4.90. The molecule has 1 aliphatic rings. The summed E-state index contributed by atoms with van der Waals surface area (Å²) in [6, 6.07) is 7.93. The first kappa shape index (κ1) is 17.8. The van der Waals surface area contributed by atoms with Crippen molar-refractivity contribution in [1.82, 2.24) is 24.9 Å². The molecule has 0 atom stereocenters. The Morgan fingerprint density at radius 2 is 2.07 bits per heavy atom. The normalized spacial score (nSPS) is 15.4. The van der Waals surface area contributed by atoms with Crippen molar-refractivity contribution in [2.24, 2.45) is 0 Å². The number of amides is 1. The predicted octanol–water partition coefficient (Wildman–Crippen LogP) is 2.93. The number of carbonyl (C=O) groups is 1. The van der Waals surface area contributed by atoms with Gasteiger partial charge in [0.05, 0.1) is 11.4 Å². The Kier molecular flexibility index (Phi) is 5.26. The number of likely N-dealkylation sites (tertiary alicyclic amines) is 1. The SMILES string of the molecule is CN(Cc1nc(-c2ccncc2)no1)C1CCN(C(=O)c2cccs2)CC1. The molecule has 0 aromatic carbocycles. The highest BCUT2D eigenvalue weighted by molar-refractivity contribution is 7.12. The van der Waals surface area contributed by atoms with Crippen molar-refractivity contribution in [1.29, 1.82) is 0 Å². The topological polar surface area (TPSA) is 75.4 Å². The molecular weight excluding hydrogens is 362 g/mol. The minimum absolute atomic E-state index is 0.144. The Morgan fingerprint density at radius 1 is 1.30 bits per heavy atom. The maximum Gasteiger partial charge on any atom is 0.263 e. The highest BCUT2D eigenvalue weighted by Crippen LogP contribution is 2.21. The number of aromatic nitrogens is 3. The van der Waals surface area contributed by atoms with Gasteiger partial charge in [-0.2, -0.15) is 4.98 Å². The molecule has 3 aromatic heterocycles. The smallest absolute Gasteiger partial charge is 0.263 e. The molecule has 1 fully saturated rings. The number of pyridine rings is 1. The number of nitrogens with zero attached hydrogens (tertiary/aromatic N) is 5. The summed E-state index contributed by atoms with van der Waals surface area (Å²) in [6.07, 6.45) is 5.31. The van der Waals surface area contributed by atoms with Crippen LogP contribution in [0.4, 0.5) is 0 Å². The van der Waals surface area contributed by atoms with Crippen LogP contribution in [0.5, 0.6) is 0 Å². The van der Waals surface area contributed by atoms with Crippen LogP contribution in [-0.2, 0) is 6.54 Å². The first-order valence-electron chi connectivity index (χ1n) is 8.96. The summed E-state index contributed by atoms with van der Waals surface area (Å²) in [6.45, 7) is 2.15. The van der Waals surface area contributed by atoms with E-state index in [0.717, 1.165) is 36.4 Å². The number of thiophene rings is 1. The van der Waals surface area contributed by atoms with Crippen LogP contribution in [0.15, 0.2) is 46.6 Å². The molecule has 8 heteroatoms. The van der Waals surface area contributed by atoms with Crippen molar-refractivity contribution in [2.45, 2.75) is 25.4 Å². The molecule has 1 aliphatic heterocycles. The van der Waals surface area contributed by atoms with Crippen LogP contribution in [0.3, 0.4) is 0 Å². The summed E-state index contributed by atoms with van der Waals surface area (Å²) in [5, 5.41) is 6.00. The van der Waals surface area contributed by atoms with Crippen LogP contribution in [0.25, 0.3) is 11.4 Å². The summed E-state index contributed by atoms with van der Waals surface area (Å²) < 4.78 is 5.40. The fourth-order valence-corrected chi connectivity index (χ4v) is 4.04. The number of hydrogen-bond donors (Lipinski definition) is 0. The van der Waals surface area contributed by atoms with Crippen molar-refractivity contribution in [3.05, 3.63) is 52.8 Å². The van der Waals surface area contributed by atoms with E-state index in [0.29, 0.717) is 24.3 Å². The third kappa shape index (κ3) is 4.06. The minimum Gasteiger partial charge on any atom is -0.338 e. The van der Waals surface area contributed by atoms with Gasteiger partial charge < -0.3 is 9.42 Å². The molecule has 4 heterocycles. The van der Waals surface area contributed by atoms with Crippen molar-refractivity contribution < 1.29 is 9.32 Å². The van der Waals surface area contributed by atoms with Crippen LogP contribution in [-0.4, -0.2) is 57.0 Å². The van der Waals surface area contributed by atoms with Gasteiger partial charge in [0, 0.05) is 37.1 Å². The molecule has 27 heavy (non-hydrogen) atoms. The molecule has 1 saturated heterocycles. The molecule has 0 spiro atoms. The molecule has 0 unspecified atom stereocenters. The monoisotopic (exact) mass is 383 g/mol. The largest absolute Gasteiger partial charge is 0.338 e. The number of piperidine rings is 1. The molecule has 7 nitrogen and oxygen atoms in total. The summed E-state index contributed by atoms with van der Waals surface area (Å²) >= 11 is 1.50. The van der Waals surface area contributed by atoms with Crippen molar-refractivity contribution in [2.75, 3.05) is 20.1 Å². The maximum atomic E-state index is 12.5. The average molecular weight is 383 g/mol. The molecule has 140 valence electrons.